The molecule has 0 fully saturated rings. The Hall–Kier alpha value is -2.21. The van der Waals surface area contributed by atoms with Crippen molar-refractivity contribution in [1.82, 2.24) is 0 Å². The lowest BCUT2D eigenvalue weighted by Gasteiger charge is -2.34. The van der Waals surface area contributed by atoms with Crippen molar-refractivity contribution in [3.05, 3.63) is 64.7 Å². The van der Waals surface area contributed by atoms with E-state index < -0.39 is 17.2 Å². The monoisotopic (exact) mass is 340 g/mol. The minimum atomic E-state index is -1.96. The molecule has 4 rings (SSSR count). The van der Waals surface area contributed by atoms with Crippen LogP contribution in [0.15, 0.2) is 42.5 Å². The summed E-state index contributed by atoms with van der Waals surface area (Å²) in [6.07, 6.45) is 0. The molecule has 5 heteroatoms. The van der Waals surface area contributed by atoms with Crippen LogP contribution in [-0.4, -0.2) is 29.2 Å². The third-order valence-corrected chi connectivity index (χ3v) is 5.04. The fourth-order valence-corrected chi connectivity index (χ4v) is 3.77. The summed E-state index contributed by atoms with van der Waals surface area (Å²) in [6, 6.07) is 12.4. The highest BCUT2D eigenvalue weighted by atomic mass is 16.7. The van der Waals surface area contributed by atoms with Gasteiger partial charge >= 0.3 is 0 Å². The molecule has 2 N–H and O–H groups in total. The molecule has 2 unspecified atom stereocenters. The Morgan fingerprint density at radius 1 is 1.16 bits per heavy atom. The van der Waals surface area contributed by atoms with E-state index in [9.17, 15) is 15.0 Å². The summed E-state index contributed by atoms with van der Waals surface area (Å²) in [5.74, 6) is -1.39. The van der Waals surface area contributed by atoms with Crippen LogP contribution in [0, 0.1) is 0 Å². The first-order valence-electron chi connectivity index (χ1n) is 8.40. The van der Waals surface area contributed by atoms with Crippen molar-refractivity contribution in [3.8, 4) is 5.75 Å². The van der Waals surface area contributed by atoms with E-state index in [0.717, 1.165) is 5.56 Å². The number of carbonyl (C=O) groups is 1. The van der Waals surface area contributed by atoms with Crippen LogP contribution in [0.3, 0.4) is 0 Å². The molecule has 0 spiro atoms. The minimum Gasteiger partial charge on any atom is -0.453 e. The zero-order chi connectivity index (χ0) is 17.8. The zero-order valence-corrected chi connectivity index (χ0v) is 14.2. The Kier molecular flexibility index (Phi) is 3.51. The lowest BCUT2D eigenvalue weighted by Crippen LogP contribution is -2.51. The van der Waals surface area contributed by atoms with E-state index >= 15 is 0 Å². The molecular formula is C20H20O5. The van der Waals surface area contributed by atoms with Gasteiger partial charge in [0.1, 0.15) is 5.75 Å². The van der Waals surface area contributed by atoms with Gasteiger partial charge in [-0.3, -0.25) is 4.79 Å². The van der Waals surface area contributed by atoms with Gasteiger partial charge in [-0.1, -0.05) is 50.2 Å². The molecule has 2 aromatic rings. The second-order valence-electron chi connectivity index (χ2n) is 6.79. The minimum absolute atomic E-state index is 0.0606. The normalized spacial score (nSPS) is 26.4. The molecule has 1 heterocycles. The van der Waals surface area contributed by atoms with Gasteiger partial charge in [-0.05, 0) is 17.5 Å². The van der Waals surface area contributed by atoms with Gasteiger partial charge in [0.15, 0.2) is 0 Å². The first-order valence-corrected chi connectivity index (χ1v) is 8.40. The lowest BCUT2D eigenvalue weighted by atomic mass is 9.86. The third-order valence-electron chi connectivity index (χ3n) is 5.04. The molecule has 1 aliphatic heterocycles. The quantitative estimate of drug-likeness (QED) is 0.894. The Balaban J connectivity index is 1.95. The van der Waals surface area contributed by atoms with E-state index in [0.29, 0.717) is 22.4 Å². The summed E-state index contributed by atoms with van der Waals surface area (Å²) in [5, 5.41) is 20.7. The van der Waals surface area contributed by atoms with Crippen molar-refractivity contribution in [2.75, 3.05) is 13.2 Å². The second-order valence-corrected chi connectivity index (χ2v) is 6.79. The Bertz CT molecular complexity index is 859. The standard InChI is InChI=1S/C20H20O5/c1-12(2)13-7-8-16-17(11-13)25-20(24-10-9-21)15-6-4-3-5-14(15)18(22)19(16,20)23/h3-8,11-12,21,23H,9-10H2,1-2H3. The van der Waals surface area contributed by atoms with E-state index in [-0.39, 0.29) is 19.1 Å². The van der Waals surface area contributed by atoms with E-state index in [1.165, 1.54) is 0 Å². The maximum absolute atomic E-state index is 13.1. The molecule has 130 valence electrons. The highest BCUT2D eigenvalue weighted by molar-refractivity contribution is 6.09. The number of benzene rings is 2. The van der Waals surface area contributed by atoms with Crippen molar-refractivity contribution >= 4 is 5.78 Å². The number of aliphatic hydroxyl groups is 2. The predicted molar refractivity (Wildman–Crippen MR) is 90.5 cm³/mol. The molecule has 0 saturated heterocycles. The maximum Gasteiger partial charge on any atom is 0.279 e. The summed E-state index contributed by atoms with van der Waals surface area (Å²) in [7, 11) is 0. The second kappa shape index (κ2) is 5.39. The van der Waals surface area contributed by atoms with Crippen LogP contribution in [0.4, 0.5) is 0 Å². The van der Waals surface area contributed by atoms with Crippen LogP contribution in [0.2, 0.25) is 0 Å². The molecule has 5 nitrogen and oxygen atoms in total. The molecular weight excluding hydrogens is 320 g/mol. The molecule has 0 amide bonds. The smallest absolute Gasteiger partial charge is 0.279 e. The van der Waals surface area contributed by atoms with E-state index in [1.54, 1.807) is 30.3 Å². The van der Waals surface area contributed by atoms with Crippen LogP contribution >= 0.6 is 0 Å². The number of aliphatic hydroxyl groups excluding tert-OH is 1. The van der Waals surface area contributed by atoms with Crippen molar-refractivity contribution in [1.29, 1.82) is 0 Å². The van der Waals surface area contributed by atoms with Crippen molar-refractivity contribution in [2.45, 2.75) is 31.2 Å². The van der Waals surface area contributed by atoms with Crippen molar-refractivity contribution < 1.29 is 24.5 Å². The molecule has 0 radical (unpaired) electrons. The maximum atomic E-state index is 13.1. The van der Waals surface area contributed by atoms with Crippen LogP contribution in [0.1, 0.15) is 46.8 Å². The number of ketones is 1. The van der Waals surface area contributed by atoms with Gasteiger partial charge in [0.05, 0.1) is 13.2 Å². The number of rotatable bonds is 4. The lowest BCUT2D eigenvalue weighted by molar-refractivity contribution is -0.259. The Morgan fingerprint density at radius 3 is 2.64 bits per heavy atom. The van der Waals surface area contributed by atoms with Gasteiger partial charge in [0.25, 0.3) is 5.79 Å². The van der Waals surface area contributed by atoms with Crippen LogP contribution in [-0.2, 0) is 16.1 Å². The molecule has 2 aromatic carbocycles. The first-order chi connectivity index (χ1) is 12.0. The number of hydrogen-bond donors (Lipinski definition) is 2. The Morgan fingerprint density at radius 2 is 1.92 bits per heavy atom. The van der Waals surface area contributed by atoms with Crippen molar-refractivity contribution in [2.24, 2.45) is 0 Å². The summed E-state index contributed by atoms with van der Waals surface area (Å²) in [4.78, 5) is 13.1. The van der Waals surface area contributed by atoms with Gasteiger partial charge < -0.3 is 19.7 Å². The molecule has 2 aliphatic rings. The molecule has 0 saturated carbocycles. The van der Waals surface area contributed by atoms with Crippen LogP contribution in [0.5, 0.6) is 5.75 Å². The number of hydrogen-bond acceptors (Lipinski definition) is 5. The predicted octanol–water partition coefficient (Wildman–Crippen LogP) is 2.45. The number of Topliss-reactive ketones (excluding diaryl/α,β-unsaturated/α-hetero) is 1. The number of fused-ring (bicyclic) bond motifs is 5. The third kappa shape index (κ3) is 1.91. The van der Waals surface area contributed by atoms with Gasteiger partial charge in [-0.2, -0.15) is 0 Å². The van der Waals surface area contributed by atoms with Gasteiger partial charge in [-0.25, -0.2) is 0 Å². The summed E-state index contributed by atoms with van der Waals surface area (Å²) >= 11 is 0. The molecule has 0 aromatic heterocycles. The zero-order valence-electron chi connectivity index (χ0n) is 14.2. The number of ether oxygens (including phenoxy) is 2. The highest BCUT2D eigenvalue weighted by Gasteiger charge is 2.71. The SMILES string of the molecule is CC(C)c1ccc2c(c1)OC1(OCCO)c3ccccc3C(=O)C21O. The summed E-state index contributed by atoms with van der Waals surface area (Å²) in [5.41, 5.74) is 0.340. The molecule has 0 bridgehead atoms. The largest absolute Gasteiger partial charge is 0.453 e. The average molecular weight is 340 g/mol. The van der Waals surface area contributed by atoms with E-state index in [2.05, 4.69) is 13.8 Å². The van der Waals surface area contributed by atoms with Crippen LogP contribution in [0.25, 0.3) is 0 Å². The topological polar surface area (TPSA) is 76.0 Å². The van der Waals surface area contributed by atoms with Crippen LogP contribution < -0.4 is 4.74 Å². The van der Waals surface area contributed by atoms with Gasteiger partial charge in [0.2, 0.25) is 11.4 Å². The molecule has 2 atom stereocenters. The van der Waals surface area contributed by atoms with Gasteiger partial charge in [-0.15, -0.1) is 0 Å². The number of carbonyl (C=O) groups excluding carboxylic acids is 1. The molecule has 25 heavy (non-hydrogen) atoms. The highest BCUT2D eigenvalue weighted by Crippen LogP contribution is 2.60. The average Bonchev–Trinajstić information content (AvgIpc) is 2.98. The fraction of sp³-hybridized carbons (Fsp3) is 0.350. The first kappa shape index (κ1) is 16.3. The summed E-state index contributed by atoms with van der Waals surface area (Å²) in [6.45, 7) is 3.81. The fourth-order valence-electron chi connectivity index (χ4n) is 3.77. The van der Waals surface area contributed by atoms with Gasteiger partial charge in [0, 0.05) is 16.7 Å². The van der Waals surface area contributed by atoms with E-state index in [4.69, 9.17) is 9.47 Å². The van der Waals surface area contributed by atoms with Crippen molar-refractivity contribution in [3.63, 3.8) is 0 Å². The Labute approximate surface area is 145 Å². The molecule has 1 aliphatic carbocycles. The van der Waals surface area contributed by atoms with E-state index in [1.807, 2.05) is 12.1 Å². The summed E-state index contributed by atoms with van der Waals surface area (Å²) < 4.78 is 11.9.